The average Bonchev–Trinajstić information content (AvgIpc) is 2.78. The molecule has 3 rings (SSSR count). The minimum absolute atomic E-state index is 0.0116. The van der Waals surface area contributed by atoms with E-state index in [0.717, 1.165) is 5.56 Å². The molecule has 0 N–H and O–H groups in total. The number of carbonyl (C=O) groups is 1. The standard InChI is InChI=1S/C23H30N2O5S/c1-2-29-21-11-6-7-12-22(21)30-18-8-13-23(26)24-14-16-25(17-15-24)31(27,28)19-20-9-4-3-5-10-20/h3-7,9-12H,2,8,13-19H2,1H3. The lowest BCUT2D eigenvalue weighted by atomic mass is 10.2. The largest absolute Gasteiger partial charge is 0.490 e. The summed E-state index contributed by atoms with van der Waals surface area (Å²) >= 11 is 0. The smallest absolute Gasteiger partial charge is 0.222 e. The number of rotatable bonds is 10. The van der Waals surface area contributed by atoms with Crippen LogP contribution < -0.4 is 9.47 Å². The van der Waals surface area contributed by atoms with Crippen LogP contribution in [0, 0.1) is 0 Å². The zero-order valence-corrected chi connectivity index (χ0v) is 18.7. The molecule has 0 unspecified atom stereocenters. The molecule has 1 saturated heterocycles. The second kappa shape index (κ2) is 11.2. The summed E-state index contributed by atoms with van der Waals surface area (Å²) in [4.78, 5) is 14.2. The van der Waals surface area contributed by atoms with Crippen molar-refractivity contribution in [1.29, 1.82) is 0 Å². The monoisotopic (exact) mass is 446 g/mol. The molecule has 0 atom stereocenters. The number of piperazine rings is 1. The summed E-state index contributed by atoms with van der Waals surface area (Å²) in [5.41, 5.74) is 0.770. The van der Waals surface area contributed by atoms with Crippen molar-refractivity contribution in [2.45, 2.75) is 25.5 Å². The Morgan fingerprint density at radius 2 is 1.52 bits per heavy atom. The van der Waals surface area contributed by atoms with Crippen LogP contribution in [0.1, 0.15) is 25.3 Å². The lowest BCUT2D eigenvalue weighted by molar-refractivity contribution is -0.132. The normalized spacial score (nSPS) is 14.9. The van der Waals surface area contributed by atoms with Gasteiger partial charge in [-0.15, -0.1) is 0 Å². The van der Waals surface area contributed by atoms with Gasteiger partial charge >= 0.3 is 0 Å². The topological polar surface area (TPSA) is 76.2 Å². The first-order chi connectivity index (χ1) is 15.0. The molecule has 31 heavy (non-hydrogen) atoms. The molecule has 0 bridgehead atoms. The molecule has 0 spiro atoms. The van der Waals surface area contributed by atoms with Crippen molar-refractivity contribution in [3.8, 4) is 11.5 Å². The zero-order valence-electron chi connectivity index (χ0n) is 17.9. The molecule has 1 heterocycles. The molecule has 1 fully saturated rings. The Kier molecular flexibility index (Phi) is 8.31. The first-order valence-electron chi connectivity index (χ1n) is 10.6. The molecular formula is C23H30N2O5S. The summed E-state index contributed by atoms with van der Waals surface area (Å²) in [7, 11) is -3.38. The zero-order chi connectivity index (χ0) is 22.1. The molecule has 0 aromatic heterocycles. The first kappa shape index (κ1) is 23.1. The average molecular weight is 447 g/mol. The molecule has 1 amide bonds. The van der Waals surface area contributed by atoms with Crippen molar-refractivity contribution in [1.82, 2.24) is 9.21 Å². The van der Waals surface area contributed by atoms with Gasteiger partial charge in [-0.1, -0.05) is 42.5 Å². The van der Waals surface area contributed by atoms with Crippen LogP contribution in [0.15, 0.2) is 54.6 Å². The van der Waals surface area contributed by atoms with Gasteiger partial charge in [0.05, 0.1) is 19.0 Å². The van der Waals surface area contributed by atoms with E-state index in [1.807, 2.05) is 61.5 Å². The summed E-state index contributed by atoms with van der Waals surface area (Å²) in [5.74, 6) is 1.39. The first-order valence-corrected chi connectivity index (χ1v) is 12.2. The second-order valence-corrected chi connectivity index (χ2v) is 9.32. The maximum Gasteiger partial charge on any atom is 0.222 e. The Labute approximate surface area is 184 Å². The minimum atomic E-state index is -3.38. The van der Waals surface area contributed by atoms with Crippen LogP contribution in [0.3, 0.4) is 0 Å². The molecule has 0 saturated carbocycles. The fraction of sp³-hybridized carbons (Fsp3) is 0.435. The lowest BCUT2D eigenvalue weighted by Gasteiger charge is -2.34. The Bertz CT molecular complexity index is 941. The fourth-order valence-electron chi connectivity index (χ4n) is 3.50. The quantitative estimate of drug-likeness (QED) is 0.525. The third-order valence-electron chi connectivity index (χ3n) is 5.12. The van der Waals surface area contributed by atoms with Crippen molar-refractivity contribution in [3.63, 3.8) is 0 Å². The molecule has 1 aliphatic rings. The van der Waals surface area contributed by atoms with Gasteiger partial charge in [-0.3, -0.25) is 4.79 Å². The van der Waals surface area contributed by atoms with Gasteiger partial charge in [0.25, 0.3) is 0 Å². The highest BCUT2D eigenvalue weighted by Crippen LogP contribution is 2.26. The number of hydrogen-bond donors (Lipinski definition) is 0. The van der Waals surface area contributed by atoms with E-state index in [4.69, 9.17) is 9.47 Å². The minimum Gasteiger partial charge on any atom is -0.490 e. The van der Waals surface area contributed by atoms with Crippen molar-refractivity contribution in [2.75, 3.05) is 39.4 Å². The molecule has 7 nitrogen and oxygen atoms in total. The summed E-state index contributed by atoms with van der Waals surface area (Å²) < 4.78 is 38.1. The number of hydrogen-bond acceptors (Lipinski definition) is 5. The Hall–Kier alpha value is -2.58. The molecule has 1 aliphatic heterocycles. The van der Waals surface area contributed by atoms with Gasteiger partial charge in [0.2, 0.25) is 15.9 Å². The van der Waals surface area contributed by atoms with Crippen LogP contribution in [0.2, 0.25) is 0 Å². The van der Waals surface area contributed by atoms with Crippen LogP contribution in [-0.2, 0) is 20.6 Å². The third kappa shape index (κ3) is 6.70. The predicted octanol–water partition coefficient (Wildman–Crippen LogP) is 2.92. The van der Waals surface area contributed by atoms with Gasteiger partial charge in [0, 0.05) is 32.6 Å². The Balaban J connectivity index is 1.40. The maximum atomic E-state index is 12.6. The number of para-hydroxylation sites is 2. The molecule has 8 heteroatoms. The van der Waals surface area contributed by atoms with Gasteiger partial charge in [0.15, 0.2) is 11.5 Å². The molecule has 0 radical (unpaired) electrons. The van der Waals surface area contributed by atoms with Crippen LogP contribution in [-0.4, -0.2) is 62.9 Å². The molecule has 0 aliphatic carbocycles. The van der Waals surface area contributed by atoms with E-state index in [-0.39, 0.29) is 11.7 Å². The highest BCUT2D eigenvalue weighted by molar-refractivity contribution is 7.88. The van der Waals surface area contributed by atoms with E-state index in [2.05, 4.69) is 0 Å². The van der Waals surface area contributed by atoms with Crippen molar-refractivity contribution < 1.29 is 22.7 Å². The van der Waals surface area contributed by atoms with Crippen molar-refractivity contribution in [3.05, 3.63) is 60.2 Å². The Morgan fingerprint density at radius 1 is 0.903 bits per heavy atom. The SMILES string of the molecule is CCOc1ccccc1OCCCC(=O)N1CCN(S(=O)(=O)Cc2ccccc2)CC1. The van der Waals surface area contributed by atoms with E-state index >= 15 is 0 Å². The maximum absolute atomic E-state index is 12.6. The molecule has 2 aromatic carbocycles. The van der Waals surface area contributed by atoms with Gasteiger partial charge in [0.1, 0.15) is 0 Å². The van der Waals surface area contributed by atoms with Crippen LogP contribution in [0.25, 0.3) is 0 Å². The molecule has 2 aromatic rings. The van der Waals surface area contributed by atoms with Crippen LogP contribution in [0.4, 0.5) is 0 Å². The van der Waals surface area contributed by atoms with E-state index in [0.29, 0.717) is 63.7 Å². The summed E-state index contributed by atoms with van der Waals surface area (Å²) in [6.45, 7) is 4.40. The summed E-state index contributed by atoms with van der Waals surface area (Å²) in [5, 5.41) is 0. The van der Waals surface area contributed by atoms with Crippen LogP contribution >= 0.6 is 0 Å². The second-order valence-electron chi connectivity index (χ2n) is 7.35. The highest BCUT2D eigenvalue weighted by atomic mass is 32.2. The fourth-order valence-corrected chi connectivity index (χ4v) is 5.02. The highest BCUT2D eigenvalue weighted by Gasteiger charge is 2.28. The number of nitrogens with zero attached hydrogens (tertiary/aromatic N) is 2. The van der Waals surface area contributed by atoms with E-state index < -0.39 is 10.0 Å². The Morgan fingerprint density at radius 3 is 2.16 bits per heavy atom. The van der Waals surface area contributed by atoms with Crippen molar-refractivity contribution in [2.24, 2.45) is 0 Å². The lowest BCUT2D eigenvalue weighted by Crippen LogP contribution is -2.50. The molecular weight excluding hydrogens is 416 g/mol. The summed E-state index contributed by atoms with van der Waals surface area (Å²) in [6.07, 6.45) is 0.958. The number of carbonyl (C=O) groups excluding carboxylic acids is 1. The van der Waals surface area contributed by atoms with E-state index in [1.165, 1.54) is 4.31 Å². The summed E-state index contributed by atoms with van der Waals surface area (Å²) in [6, 6.07) is 16.6. The molecule has 168 valence electrons. The number of ether oxygens (including phenoxy) is 2. The van der Waals surface area contributed by atoms with Gasteiger partial charge in [-0.05, 0) is 31.0 Å². The predicted molar refractivity (Wildman–Crippen MR) is 120 cm³/mol. The number of amides is 1. The van der Waals surface area contributed by atoms with Gasteiger partial charge < -0.3 is 14.4 Å². The number of benzene rings is 2. The van der Waals surface area contributed by atoms with Gasteiger partial charge in [-0.2, -0.15) is 4.31 Å². The van der Waals surface area contributed by atoms with E-state index in [1.54, 1.807) is 4.90 Å². The third-order valence-corrected chi connectivity index (χ3v) is 6.97. The van der Waals surface area contributed by atoms with Gasteiger partial charge in [-0.25, -0.2) is 8.42 Å². The van der Waals surface area contributed by atoms with Crippen molar-refractivity contribution >= 4 is 15.9 Å². The van der Waals surface area contributed by atoms with E-state index in [9.17, 15) is 13.2 Å². The van der Waals surface area contributed by atoms with Crippen LogP contribution in [0.5, 0.6) is 11.5 Å². The number of sulfonamides is 1.